The van der Waals surface area contributed by atoms with E-state index in [0.717, 1.165) is 30.6 Å². The fraction of sp³-hybridized carbons (Fsp3) is 0.550. The van der Waals surface area contributed by atoms with Crippen LogP contribution in [-0.4, -0.2) is 41.4 Å². The summed E-state index contributed by atoms with van der Waals surface area (Å²) in [6.45, 7) is 6.00. The summed E-state index contributed by atoms with van der Waals surface area (Å²) in [6.07, 6.45) is 4.67. The predicted octanol–water partition coefficient (Wildman–Crippen LogP) is 3.30. The van der Waals surface area contributed by atoms with Crippen molar-refractivity contribution in [3.8, 4) is 5.75 Å². The van der Waals surface area contributed by atoms with E-state index >= 15 is 0 Å². The lowest BCUT2D eigenvalue weighted by Gasteiger charge is -2.21. The van der Waals surface area contributed by atoms with Crippen molar-refractivity contribution in [2.24, 2.45) is 0 Å². The smallest absolute Gasteiger partial charge is 0.325 e. The minimum Gasteiger partial charge on any atom is -0.494 e. The molecule has 2 N–H and O–H groups in total. The van der Waals surface area contributed by atoms with Crippen molar-refractivity contribution in [3.05, 3.63) is 24.3 Å². The van der Waals surface area contributed by atoms with Crippen LogP contribution in [-0.2, 0) is 9.59 Å². The van der Waals surface area contributed by atoms with Crippen molar-refractivity contribution < 1.29 is 19.1 Å². The van der Waals surface area contributed by atoms with Gasteiger partial charge in [-0.2, -0.15) is 0 Å². The van der Waals surface area contributed by atoms with Crippen LogP contribution in [0.2, 0.25) is 0 Å². The molecule has 1 aromatic carbocycles. The maximum Gasteiger partial charge on any atom is 0.325 e. The van der Waals surface area contributed by atoms with Crippen LogP contribution in [0.3, 0.4) is 0 Å². The van der Waals surface area contributed by atoms with Crippen molar-refractivity contribution in [3.63, 3.8) is 0 Å². The number of anilines is 1. The van der Waals surface area contributed by atoms with E-state index in [9.17, 15) is 14.4 Å². The van der Waals surface area contributed by atoms with Gasteiger partial charge in [-0.1, -0.05) is 32.6 Å². The molecule has 1 atom stereocenters. The molecule has 1 aromatic rings. The Morgan fingerprint density at radius 2 is 1.85 bits per heavy atom. The summed E-state index contributed by atoms with van der Waals surface area (Å²) in [5.41, 5.74) is -0.345. The van der Waals surface area contributed by atoms with Crippen LogP contribution in [0.4, 0.5) is 10.5 Å². The number of unbranched alkanes of at least 4 members (excludes halogenated alkanes) is 3. The van der Waals surface area contributed by atoms with Gasteiger partial charge in [-0.3, -0.25) is 14.5 Å². The molecule has 1 fully saturated rings. The Morgan fingerprint density at radius 1 is 1.15 bits per heavy atom. The highest BCUT2D eigenvalue weighted by molar-refractivity contribution is 6.09. The Bertz CT molecular complexity index is 674. The SMILES string of the molecule is CCCCCC[C@@]1(C)NC(=O)N(CC(=O)Nc2ccc(OCC)cc2)C1=O. The average Bonchev–Trinajstić information content (AvgIpc) is 2.84. The molecule has 148 valence electrons. The first-order valence-electron chi connectivity index (χ1n) is 9.56. The van der Waals surface area contributed by atoms with Crippen LogP contribution in [0.15, 0.2) is 24.3 Å². The standard InChI is InChI=1S/C20H29N3O4/c1-4-6-7-8-13-20(3)18(25)23(19(26)22-20)14-17(24)21-15-9-11-16(12-10-15)27-5-2/h9-12H,4-8,13-14H2,1-3H3,(H,21,24)(H,22,26)/t20-/m1/s1. The van der Waals surface area contributed by atoms with Gasteiger partial charge in [0.05, 0.1) is 6.61 Å². The zero-order valence-corrected chi connectivity index (χ0v) is 16.3. The third-order valence-corrected chi connectivity index (χ3v) is 4.63. The van der Waals surface area contributed by atoms with E-state index in [-0.39, 0.29) is 12.5 Å². The molecule has 27 heavy (non-hydrogen) atoms. The number of rotatable bonds is 10. The van der Waals surface area contributed by atoms with E-state index in [0.29, 0.717) is 24.5 Å². The molecule has 0 aliphatic carbocycles. The van der Waals surface area contributed by atoms with Gasteiger partial charge in [0.25, 0.3) is 5.91 Å². The number of urea groups is 1. The van der Waals surface area contributed by atoms with Gasteiger partial charge < -0.3 is 15.4 Å². The van der Waals surface area contributed by atoms with Crippen LogP contribution >= 0.6 is 0 Å². The second-order valence-electron chi connectivity index (χ2n) is 6.97. The van der Waals surface area contributed by atoms with Crippen molar-refractivity contribution >= 4 is 23.5 Å². The minimum absolute atomic E-state index is 0.303. The number of hydrogen-bond acceptors (Lipinski definition) is 4. The summed E-state index contributed by atoms with van der Waals surface area (Å²) in [7, 11) is 0. The number of benzene rings is 1. The lowest BCUT2D eigenvalue weighted by molar-refractivity contribution is -0.133. The minimum atomic E-state index is -0.926. The molecule has 0 unspecified atom stereocenters. The molecule has 0 radical (unpaired) electrons. The summed E-state index contributed by atoms with van der Waals surface area (Å²) >= 11 is 0. The van der Waals surface area contributed by atoms with E-state index in [4.69, 9.17) is 4.74 Å². The molecule has 4 amide bonds. The molecule has 1 aliphatic heterocycles. The van der Waals surface area contributed by atoms with Gasteiger partial charge in [0.2, 0.25) is 5.91 Å². The van der Waals surface area contributed by atoms with Crippen molar-refractivity contribution in [1.29, 1.82) is 0 Å². The summed E-state index contributed by atoms with van der Waals surface area (Å²) < 4.78 is 5.35. The molecular weight excluding hydrogens is 346 g/mol. The van der Waals surface area contributed by atoms with Gasteiger partial charge in [-0.15, -0.1) is 0 Å². The second kappa shape index (κ2) is 9.39. The fourth-order valence-electron chi connectivity index (χ4n) is 3.11. The monoisotopic (exact) mass is 375 g/mol. The first-order valence-corrected chi connectivity index (χ1v) is 9.56. The molecule has 0 bridgehead atoms. The summed E-state index contributed by atoms with van der Waals surface area (Å²) in [6, 6.07) is 6.42. The van der Waals surface area contributed by atoms with Crippen LogP contribution in [0, 0.1) is 0 Å². The first-order chi connectivity index (χ1) is 12.9. The molecule has 1 aliphatic rings. The number of imide groups is 1. The maximum absolute atomic E-state index is 12.7. The zero-order chi connectivity index (χ0) is 19.9. The van der Waals surface area contributed by atoms with Gasteiger partial charge >= 0.3 is 6.03 Å². The third-order valence-electron chi connectivity index (χ3n) is 4.63. The van der Waals surface area contributed by atoms with Crippen LogP contribution in [0.25, 0.3) is 0 Å². The largest absolute Gasteiger partial charge is 0.494 e. The quantitative estimate of drug-likeness (QED) is 0.485. The van der Waals surface area contributed by atoms with Crippen molar-refractivity contribution in [2.75, 3.05) is 18.5 Å². The number of hydrogen-bond donors (Lipinski definition) is 2. The highest BCUT2D eigenvalue weighted by Crippen LogP contribution is 2.24. The zero-order valence-electron chi connectivity index (χ0n) is 16.3. The van der Waals surface area contributed by atoms with E-state index in [1.807, 2.05) is 6.92 Å². The number of carbonyl (C=O) groups is 3. The van der Waals surface area contributed by atoms with Gasteiger partial charge in [0, 0.05) is 5.69 Å². The normalized spacial score (nSPS) is 19.1. The van der Waals surface area contributed by atoms with Gasteiger partial charge in [-0.25, -0.2) is 4.79 Å². The number of nitrogens with one attached hydrogen (secondary N) is 2. The maximum atomic E-state index is 12.7. The molecule has 2 rings (SSSR count). The first kappa shape index (κ1) is 20.7. The van der Waals surface area contributed by atoms with E-state index < -0.39 is 17.5 Å². The molecule has 0 aromatic heterocycles. The van der Waals surface area contributed by atoms with Crippen LogP contribution in [0.1, 0.15) is 52.9 Å². The second-order valence-corrected chi connectivity index (χ2v) is 6.97. The number of nitrogens with zero attached hydrogens (tertiary/aromatic N) is 1. The van der Waals surface area contributed by atoms with E-state index in [1.54, 1.807) is 31.2 Å². The Hall–Kier alpha value is -2.57. The summed E-state index contributed by atoms with van der Waals surface area (Å²) in [5.74, 6) is -0.0489. The van der Waals surface area contributed by atoms with Crippen LogP contribution in [0.5, 0.6) is 5.75 Å². The Labute approximate surface area is 160 Å². The Morgan fingerprint density at radius 3 is 2.48 bits per heavy atom. The van der Waals surface area contributed by atoms with Crippen molar-refractivity contribution in [1.82, 2.24) is 10.2 Å². The van der Waals surface area contributed by atoms with Gasteiger partial charge in [-0.05, 0) is 44.5 Å². The lowest BCUT2D eigenvalue weighted by Crippen LogP contribution is -2.44. The fourth-order valence-corrected chi connectivity index (χ4v) is 3.11. The van der Waals surface area contributed by atoms with Crippen LogP contribution < -0.4 is 15.4 Å². The van der Waals surface area contributed by atoms with Gasteiger partial charge in [0.1, 0.15) is 17.8 Å². The predicted molar refractivity (Wildman–Crippen MR) is 104 cm³/mol. The number of ether oxygens (including phenoxy) is 1. The topological polar surface area (TPSA) is 87.7 Å². The summed E-state index contributed by atoms with van der Waals surface area (Å²) in [5, 5.41) is 5.44. The third kappa shape index (κ3) is 5.45. The lowest BCUT2D eigenvalue weighted by atomic mass is 9.94. The molecular formula is C20H29N3O4. The van der Waals surface area contributed by atoms with E-state index in [1.165, 1.54) is 0 Å². The molecule has 7 heteroatoms. The highest BCUT2D eigenvalue weighted by Gasteiger charge is 2.47. The molecule has 7 nitrogen and oxygen atoms in total. The van der Waals surface area contributed by atoms with Crippen molar-refractivity contribution in [2.45, 2.75) is 58.4 Å². The molecule has 0 saturated carbocycles. The number of amides is 4. The molecule has 0 spiro atoms. The average molecular weight is 375 g/mol. The van der Waals surface area contributed by atoms with E-state index in [2.05, 4.69) is 17.6 Å². The molecule has 1 saturated heterocycles. The van der Waals surface area contributed by atoms with Gasteiger partial charge in [0.15, 0.2) is 0 Å². The number of carbonyl (C=O) groups excluding carboxylic acids is 3. The summed E-state index contributed by atoms with van der Waals surface area (Å²) in [4.78, 5) is 38.1. The highest BCUT2D eigenvalue weighted by atomic mass is 16.5. The Balaban J connectivity index is 1.90. The molecule has 1 heterocycles. The Kier molecular flexibility index (Phi) is 7.21.